The van der Waals surface area contributed by atoms with Gasteiger partial charge in [-0.1, -0.05) is 36.5 Å². The van der Waals surface area contributed by atoms with Crippen LogP contribution in [-0.4, -0.2) is 86.9 Å². The van der Waals surface area contributed by atoms with Gasteiger partial charge >= 0.3 is 118 Å². The molecular weight excluding hydrogens is 885 g/mol. The van der Waals surface area contributed by atoms with E-state index >= 15 is 0 Å². The standard InChI is InChI=1S/C27H22N6O16S4.4Na/c28-24(34)22-18(26(36)32(30-22)14-10-16(51(41,42)43)12-17(11-14)52(44,45)46)6-4-2-1-3-5-7-19-23(25(29)35)31-33(27(19)37)20-9-8-15(50(38,39)40)13-21(20)53(47,48)49;;;;/h1-13,18H,(H2,28,34)(H2,29,35)(H,38,39,40)(H,41,42,43)(H,44,45,46)(H,47,48,49);;;;/q;4*+1/p-4/b2-1+,5-3+,6-4+,19-7-;;;;. The minimum Gasteiger partial charge on any atom is -0.744 e. The Morgan fingerprint density at radius 3 is 1.61 bits per heavy atom. The topological polar surface area (TPSA) is 380 Å². The van der Waals surface area contributed by atoms with Gasteiger partial charge in [0.05, 0.1) is 36.5 Å². The van der Waals surface area contributed by atoms with Crippen molar-refractivity contribution in [2.45, 2.75) is 19.6 Å². The predicted octanol–water partition coefficient (Wildman–Crippen LogP) is -14.4. The van der Waals surface area contributed by atoms with E-state index in [2.05, 4.69) is 10.2 Å². The van der Waals surface area contributed by atoms with E-state index in [-0.39, 0.29) is 135 Å². The smallest absolute Gasteiger partial charge is 0.744 e. The van der Waals surface area contributed by atoms with E-state index in [4.69, 9.17) is 11.5 Å². The van der Waals surface area contributed by atoms with Crippen LogP contribution >= 0.6 is 0 Å². The van der Waals surface area contributed by atoms with Crippen molar-refractivity contribution in [3.63, 3.8) is 0 Å². The summed E-state index contributed by atoms with van der Waals surface area (Å²) in [5, 5.41) is 7.97. The summed E-state index contributed by atoms with van der Waals surface area (Å²) in [5.41, 5.74) is 7.27. The number of allylic oxidation sites excluding steroid dienone is 6. The molecule has 2 aromatic rings. The number of primary amides is 2. The van der Waals surface area contributed by atoms with Gasteiger partial charge in [-0.3, -0.25) is 19.2 Å². The summed E-state index contributed by atoms with van der Waals surface area (Å²) in [5.74, 6) is -6.33. The van der Waals surface area contributed by atoms with Gasteiger partial charge in [0.2, 0.25) is 0 Å². The summed E-state index contributed by atoms with van der Waals surface area (Å²) in [7, 11) is -21.4. The number of hydrogen-bond donors (Lipinski definition) is 2. The van der Waals surface area contributed by atoms with Gasteiger partial charge in [-0.05, 0) is 42.5 Å². The third-order valence-electron chi connectivity index (χ3n) is 6.76. The second kappa shape index (κ2) is 21.2. The fraction of sp³-hybridized carbons (Fsp3) is 0.0370. The molecule has 2 aliphatic rings. The Balaban J connectivity index is 0.00000784. The van der Waals surface area contributed by atoms with Gasteiger partial charge in [0.15, 0.2) is 5.71 Å². The van der Waals surface area contributed by atoms with Crippen molar-refractivity contribution in [3.8, 4) is 0 Å². The molecule has 1 atom stereocenters. The van der Waals surface area contributed by atoms with E-state index in [0.717, 1.165) is 18.2 Å². The van der Waals surface area contributed by atoms with Crippen LogP contribution in [-0.2, 0) is 59.7 Å². The molecule has 0 aliphatic carbocycles. The zero-order valence-corrected chi connectivity index (χ0v) is 41.0. The van der Waals surface area contributed by atoms with Crippen molar-refractivity contribution < 1.29 is 189 Å². The van der Waals surface area contributed by atoms with E-state index in [1.165, 1.54) is 24.3 Å². The quantitative estimate of drug-likeness (QED) is 0.0864. The molecule has 4 N–H and O–H groups in total. The summed E-state index contributed by atoms with van der Waals surface area (Å²) >= 11 is 0. The van der Waals surface area contributed by atoms with Crippen molar-refractivity contribution in [2.24, 2.45) is 27.6 Å². The van der Waals surface area contributed by atoms with Crippen molar-refractivity contribution >= 4 is 86.9 Å². The molecule has 2 heterocycles. The fourth-order valence-corrected chi connectivity index (χ4v) is 6.85. The number of hydrazone groups is 2. The molecule has 2 aliphatic heterocycles. The first-order valence-corrected chi connectivity index (χ1v) is 19.3. The van der Waals surface area contributed by atoms with Crippen LogP contribution in [0.3, 0.4) is 0 Å². The Labute approximate surface area is 412 Å². The third-order valence-corrected chi connectivity index (χ3v) is 10.1. The summed E-state index contributed by atoms with van der Waals surface area (Å²) < 4.78 is 139. The third kappa shape index (κ3) is 13.4. The van der Waals surface area contributed by atoms with Crippen LogP contribution in [0.4, 0.5) is 11.4 Å². The average molecular weight is 903 g/mol. The molecular formula is C27H18N6Na4O16S4. The average Bonchev–Trinajstić information content (AvgIpc) is 3.54. The van der Waals surface area contributed by atoms with E-state index in [9.17, 15) is 71.1 Å². The van der Waals surface area contributed by atoms with Crippen LogP contribution < -0.4 is 140 Å². The van der Waals surface area contributed by atoms with Gasteiger partial charge < -0.3 is 29.7 Å². The van der Waals surface area contributed by atoms with E-state index in [1.807, 2.05) is 0 Å². The normalized spacial score (nSPS) is 16.9. The van der Waals surface area contributed by atoms with Gasteiger partial charge in [-0.25, -0.2) is 33.7 Å². The maximum Gasteiger partial charge on any atom is 1.00 e. The minimum atomic E-state index is -5.52. The summed E-state index contributed by atoms with van der Waals surface area (Å²) in [6.07, 6.45) is 8.15. The number of amides is 4. The van der Waals surface area contributed by atoms with Crippen molar-refractivity contribution in [2.75, 3.05) is 10.0 Å². The number of benzene rings is 2. The molecule has 0 saturated heterocycles. The molecule has 0 bridgehead atoms. The number of rotatable bonds is 12. The summed E-state index contributed by atoms with van der Waals surface area (Å²) in [4.78, 5) is 45.4. The van der Waals surface area contributed by atoms with Gasteiger partial charge in [0.25, 0.3) is 23.6 Å². The molecule has 2 aromatic carbocycles. The Morgan fingerprint density at radius 2 is 1.14 bits per heavy atom. The van der Waals surface area contributed by atoms with Gasteiger partial charge in [-0.15, -0.1) is 0 Å². The Morgan fingerprint density at radius 1 is 0.632 bits per heavy atom. The monoisotopic (exact) mass is 902 g/mol. The molecule has 0 spiro atoms. The Bertz CT molecular complexity index is 2600. The van der Waals surface area contributed by atoms with Gasteiger partial charge in [0, 0.05) is 0 Å². The molecule has 57 heavy (non-hydrogen) atoms. The van der Waals surface area contributed by atoms with Crippen LogP contribution in [0.5, 0.6) is 0 Å². The van der Waals surface area contributed by atoms with Crippen LogP contribution in [0, 0.1) is 5.92 Å². The second-order valence-corrected chi connectivity index (χ2v) is 15.7. The molecule has 4 rings (SSSR count). The Hall–Kier alpha value is -1.74. The fourth-order valence-electron chi connectivity index (χ4n) is 4.45. The maximum atomic E-state index is 13.1. The molecule has 30 heteroatoms. The first kappa shape index (κ1) is 55.3. The molecule has 0 saturated carbocycles. The number of hydrogen-bond acceptors (Lipinski definition) is 18. The molecule has 0 fully saturated rings. The predicted molar refractivity (Wildman–Crippen MR) is 172 cm³/mol. The van der Waals surface area contributed by atoms with Gasteiger partial charge in [0.1, 0.15) is 52.1 Å². The molecule has 0 aromatic heterocycles. The van der Waals surface area contributed by atoms with Crippen molar-refractivity contribution in [3.05, 3.63) is 84.5 Å². The first-order chi connectivity index (χ1) is 24.3. The van der Waals surface area contributed by atoms with E-state index < -0.39 is 118 Å². The molecule has 0 radical (unpaired) electrons. The SMILES string of the molecule is NC(=O)C1=NN(c2ccc(S(=O)(=O)[O-])cc2S(=O)(=O)[O-])C(=O)\C1=C/C=C/C=C/C=C/C1C(=O)N(c2cc(S(=O)(=O)[O-])cc(S(=O)(=O)[O-])c2)N=C1C(N)=O.[Na+].[Na+].[Na+].[Na+]. The minimum absolute atomic E-state index is 0. The number of carbonyl (C=O) groups is 4. The van der Waals surface area contributed by atoms with E-state index in [0.29, 0.717) is 29.3 Å². The maximum absolute atomic E-state index is 13.1. The number of carbonyl (C=O) groups excluding carboxylic acids is 4. The number of anilines is 2. The van der Waals surface area contributed by atoms with Crippen molar-refractivity contribution in [1.29, 1.82) is 0 Å². The van der Waals surface area contributed by atoms with Crippen molar-refractivity contribution in [1.82, 2.24) is 0 Å². The first-order valence-electron chi connectivity index (χ1n) is 13.6. The number of nitrogens with zero attached hydrogens (tertiary/aromatic N) is 4. The zero-order valence-electron chi connectivity index (χ0n) is 29.7. The number of nitrogens with two attached hydrogens (primary N) is 2. The van der Waals surface area contributed by atoms with Crippen LogP contribution in [0.2, 0.25) is 0 Å². The summed E-state index contributed by atoms with van der Waals surface area (Å²) in [6.45, 7) is 0. The Kier molecular flexibility index (Phi) is 20.5. The second-order valence-electron chi connectivity index (χ2n) is 10.3. The summed E-state index contributed by atoms with van der Waals surface area (Å²) in [6, 6.07) is 2.83. The largest absolute Gasteiger partial charge is 1.00 e. The molecule has 22 nitrogen and oxygen atoms in total. The van der Waals surface area contributed by atoms with Crippen LogP contribution in [0.15, 0.2) is 114 Å². The van der Waals surface area contributed by atoms with Crippen LogP contribution in [0.25, 0.3) is 0 Å². The molecule has 1 unspecified atom stereocenters. The molecule has 280 valence electrons. The molecule has 4 amide bonds. The van der Waals surface area contributed by atoms with Crippen LogP contribution in [0.1, 0.15) is 0 Å². The van der Waals surface area contributed by atoms with E-state index in [1.54, 1.807) is 0 Å². The zero-order chi connectivity index (χ0) is 39.8. The van der Waals surface area contributed by atoms with Gasteiger partial charge in [-0.2, -0.15) is 20.2 Å².